The first-order valence-corrected chi connectivity index (χ1v) is 8.06. The lowest BCUT2D eigenvalue weighted by Gasteiger charge is -2.00. The van der Waals surface area contributed by atoms with E-state index in [9.17, 15) is 0 Å². The summed E-state index contributed by atoms with van der Waals surface area (Å²) in [6.45, 7) is 8.27. The van der Waals surface area contributed by atoms with Crippen LogP contribution in [0.2, 0.25) is 0 Å². The molecule has 0 amide bonds. The van der Waals surface area contributed by atoms with Gasteiger partial charge in [-0.1, -0.05) is 12.1 Å². The van der Waals surface area contributed by atoms with Gasteiger partial charge in [-0.3, -0.25) is 0 Å². The van der Waals surface area contributed by atoms with Gasteiger partial charge in [0.25, 0.3) is 0 Å². The molecular weight excluding hydrogens is 312 g/mol. The van der Waals surface area contributed by atoms with Gasteiger partial charge in [-0.25, -0.2) is 9.83 Å². The van der Waals surface area contributed by atoms with E-state index in [4.69, 9.17) is 11.0 Å². The maximum atomic E-state index is 7.49. The quantitative estimate of drug-likeness (QED) is 0.311. The third-order valence-electron chi connectivity index (χ3n) is 4.93. The molecule has 5 nitrogen and oxygen atoms in total. The highest BCUT2D eigenvalue weighted by molar-refractivity contribution is 6.04. The van der Waals surface area contributed by atoms with E-state index < -0.39 is 0 Å². The number of rotatable bonds is 0. The number of para-hydroxylation sites is 1. The van der Waals surface area contributed by atoms with Crippen LogP contribution in [0.4, 0.5) is 5.69 Å². The molecule has 25 heavy (non-hydrogen) atoms. The summed E-state index contributed by atoms with van der Waals surface area (Å²) in [6, 6.07) is 14.1. The molecule has 5 heteroatoms. The maximum Gasteiger partial charge on any atom is 0.227 e. The van der Waals surface area contributed by atoms with E-state index in [2.05, 4.69) is 37.5 Å². The molecule has 0 fully saturated rings. The van der Waals surface area contributed by atoms with Crippen molar-refractivity contribution in [3.05, 3.63) is 71.8 Å². The van der Waals surface area contributed by atoms with E-state index >= 15 is 0 Å². The number of nitrogens with zero attached hydrogens (tertiary/aromatic N) is 4. The van der Waals surface area contributed by atoms with Crippen molar-refractivity contribution in [1.82, 2.24) is 9.67 Å². The van der Waals surface area contributed by atoms with Crippen molar-refractivity contribution in [2.45, 2.75) is 6.54 Å². The van der Waals surface area contributed by atoms with Gasteiger partial charge in [0.05, 0.1) is 12.0 Å². The van der Waals surface area contributed by atoms with Crippen molar-refractivity contribution >= 4 is 38.7 Å². The number of benzene rings is 2. The van der Waals surface area contributed by atoms with Crippen LogP contribution < -0.4 is 4.68 Å². The molecular formula is C20H11N4O+. The van der Waals surface area contributed by atoms with E-state index in [1.165, 1.54) is 5.56 Å². The first-order chi connectivity index (χ1) is 12.3. The van der Waals surface area contributed by atoms with Gasteiger partial charge in [-0.2, -0.15) is 0 Å². The summed E-state index contributed by atoms with van der Waals surface area (Å²) < 4.78 is 10.2. The van der Waals surface area contributed by atoms with E-state index in [0.29, 0.717) is 11.4 Å². The molecule has 0 bridgehead atoms. The number of furan rings is 1. The third kappa shape index (κ3) is 1.51. The highest BCUT2D eigenvalue weighted by Crippen LogP contribution is 2.35. The Labute approximate surface area is 142 Å². The Morgan fingerprint density at radius 1 is 1.16 bits per heavy atom. The monoisotopic (exact) mass is 323 g/mol. The molecule has 0 aliphatic carbocycles. The summed E-state index contributed by atoms with van der Waals surface area (Å²) in [5.41, 5.74) is 5.38. The van der Waals surface area contributed by atoms with Crippen molar-refractivity contribution in [2.75, 3.05) is 0 Å². The van der Waals surface area contributed by atoms with E-state index in [0.717, 1.165) is 39.5 Å². The van der Waals surface area contributed by atoms with E-state index in [-0.39, 0.29) is 0 Å². The van der Waals surface area contributed by atoms with Gasteiger partial charge in [-0.05, 0) is 24.3 Å². The van der Waals surface area contributed by atoms with Gasteiger partial charge in [0.1, 0.15) is 16.8 Å². The van der Waals surface area contributed by atoms with Crippen molar-refractivity contribution in [1.29, 1.82) is 0 Å². The normalized spacial score (nSPS) is 12.6. The predicted octanol–water partition coefficient (Wildman–Crippen LogP) is 4.12. The largest absolute Gasteiger partial charge is 0.438 e. The Morgan fingerprint density at radius 3 is 3.04 bits per heavy atom. The predicted molar refractivity (Wildman–Crippen MR) is 93.9 cm³/mol. The highest BCUT2D eigenvalue weighted by Gasteiger charge is 2.30. The molecule has 5 aromatic rings. The van der Waals surface area contributed by atoms with Gasteiger partial charge in [0.2, 0.25) is 17.6 Å². The van der Waals surface area contributed by atoms with Crippen molar-refractivity contribution in [3.63, 3.8) is 0 Å². The maximum absolute atomic E-state index is 7.49. The molecule has 0 saturated heterocycles. The molecule has 3 aromatic heterocycles. The summed E-state index contributed by atoms with van der Waals surface area (Å²) in [6.07, 6.45) is 3.85. The minimum atomic E-state index is 0.660. The summed E-state index contributed by atoms with van der Waals surface area (Å²) in [4.78, 5) is 8.02. The van der Waals surface area contributed by atoms with Gasteiger partial charge >= 0.3 is 0 Å². The molecule has 0 N–H and O–H groups in total. The number of hydrogen-bond donors (Lipinski definition) is 0. The minimum Gasteiger partial charge on any atom is -0.438 e. The van der Waals surface area contributed by atoms with Crippen LogP contribution in [0, 0.1) is 6.57 Å². The zero-order valence-corrected chi connectivity index (χ0v) is 13.1. The summed E-state index contributed by atoms with van der Waals surface area (Å²) in [5, 5.41) is 3.20. The van der Waals surface area contributed by atoms with Gasteiger partial charge in [0.15, 0.2) is 6.54 Å². The zero-order valence-electron chi connectivity index (χ0n) is 13.1. The molecule has 6 rings (SSSR count). The lowest BCUT2D eigenvalue weighted by Crippen LogP contribution is -2.36. The number of hydrogen-bond acceptors (Lipinski definition) is 2. The molecule has 0 unspecified atom stereocenters. The molecule has 4 heterocycles. The zero-order chi connectivity index (χ0) is 16.5. The van der Waals surface area contributed by atoms with Crippen LogP contribution in [0.25, 0.3) is 43.5 Å². The number of pyridine rings is 1. The van der Waals surface area contributed by atoms with Crippen LogP contribution in [0.3, 0.4) is 0 Å². The van der Waals surface area contributed by atoms with Gasteiger partial charge in [0, 0.05) is 28.6 Å². The second-order valence-electron chi connectivity index (χ2n) is 6.30. The fraction of sp³-hybridized carbons (Fsp3) is 0.0500. The molecule has 1 aliphatic rings. The van der Waals surface area contributed by atoms with E-state index in [1.807, 2.05) is 30.3 Å². The Hall–Kier alpha value is -3.65. The van der Waals surface area contributed by atoms with Crippen molar-refractivity contribution in [3.8, 4) is 5.69 Å². The van der Waals surface area contributed by atoms with Crippen molar-refractivity contribution in [2.24, 2.45) is 0 Å². The first-order valence-electron chi connectivity index (χ1n) is 8.06. The van der Waals surface area contributed by atoms with Gasteiger partial charge < -0.3 is 4.42 Å². The molecule has 0 radical (unpaired) electrons. The SMILES string of the molecule is [C-]#[N+]c1cccc2c[n+]3n(c12)-c1cc2oc4ncccc4c2cc1C3. The second kappa shape index (κ2) is 4.25. The Kier molecular flexibility index (Phi) is 2.16. The van der Waals surface area contributed by atoms with Crippen LogP contribution in [-0.2, 0) is 6.54 Å². The fourth-order valence-corrected chi connectivity index (χ4v) is 3.88. The molecule has 1 aliphatic heterocycles. The first kappa shape index (κ1) is 12.7. The smallest absolute Gasteiger partial charge is 0.227 e. The number of fused-ring (bicyclic) bond motifs is 8. The Balaban J connectivity index is 1.74. The molecule has 0 atom stereocenters. The molecule has 0 spiro atoms. The van der Waals surface area contributed by atoms with Gasteiger partial charge in [-0.15, -0.1) is 9.36 Å². The van der Waals surface area contributed by atoms with Crippen LogP contribution in [0.1, 0.15) is 5.56 Å². The molecule has 116 valence electrons. The molecule has 2 aromatic carbocycles. The summed E-state index contributed by atoms with van der Waals surface area (Å²) in [7, 11) is 0. The second-order valence-corrected chi connectivity index (χ2v) is 6.30. The average molecular weight is 323 g/mol. The average Bonchev–Trinajstić information content (AvgIpc) is 3.28. The molecule has 0 saturated carbocycles. The lowest BCUT2D eigenvalue weighted by molar-refractivity contribution is -0.749. The highest BCUT2D eigenvalue weighted by atomic mass is 16.3. The van der Waals surface area contributed by atoms with E-state index in [1.54, 1.807) is 6.20 Å². The fourth-order valence-electron chi connectivity index (χ4n) is 3.88. The lowest BCUT2D eigenvalue weighted by atomic mass is 10.1. The Bertz CT molecular complexity index is 1380. The number of aromatic nitrogens is 3. The van der Waals surface area contributed by atoms with Crippen LogP contribution in [0.15, 0.2) is 59.3 Å². The third-order valence-corrected chi connectivity index (χ3v) is 4.93. The summed E-state index contributed by atoms with van der Waals surface area (Å²) >= 11 is 0. The van der Waals surface area contributed by atoms with Crippen LogP contribution >= 0.6 is 0 Å². The standard InChI is InChI=1S/C20H11N4O/c1-21-16-6-2-4-12-10-23-11-13-8-15-14-5-3-7-22-20(14)25-18(15)9-17(13)24(23)19(12)16/h2-10H,11H2/q+1. The Morgan fingerprint density at radius 2 is 2.12 bits per heavy atom. The minimum absolute atomic E-state index is 0.660. The van der Waals surface area contributed by atoms with Crippen LogP contribution in [-0.4, -0.2) is 9.67 Å². The topological polar surface area (TPSA) is 39.2 Å². The van der Waals surface area contributed by atoms with Crippen molar-refractivity contribution < 1.29 is 9.10 Å². The van der Waals surface area contributed by atoms with Crippen LogP contribution in [0.5, 0.6) is 0 Å². The summed E-state index contributed by atoms with van der Waals surface area (Å²) in [5.74, 6) is 0.